The summed E-state index contributed by atoms with van der Waals surface area (Å²) in [6.07, 6.45) is -4.52. The summed E-state index contributed by atoms with van der Waals surface area (Å²) < 4.78 is 46.4. The molecule has 0 aliphatic heterocycles. The van der Waals surface area contributed by atoms with Crippen molar-refractivity contribution in [2.75, 3.05) is 20.8 Å². The molecule has 1 amide bonds. The van der Waals surface area contributed by atoms with Crippen LogP contribution in [0.1, 0.15) is 17.9 Å². The fourth-order valence-electron chi connectivity index (χ4n) is 1.95. The number of hydroxylamine groups is 2. The Balaban J connectivity index is 2.06. The van der Waals surface area contributed by atoms with Crippen molar-refractivity contribution in [3.05, 3.63) is 35.7 Å². The number of amides is 1. The van der Waals surface area contributed by atoms with Crippen LogP contribution in [0.15, 0.2) is 28.8 Å². The Morgan fingerprint density at radius 3 is 2.44 bits per heavy atom. The summed E-state index contributed by atoms with van der Waals surface area (Å²) in [4.78, 5) is 20.3. The van der Waals surface area contributed by atoms with Crippen molar-refractivity contribution in [3.8, 4) is 11.4 Å². The fourth-order valence-corrected chi connectivity index (χ4v) is 1.95. The molecular weight excluding hydrogens is 343 g/mol. The maximum atomic E-state index is 12.5. The zero-order valence-corrected chi connectivity index (χ0v) is 13.5. The Morgan fingerprint density at radius 1 is 1.24 bits per heavy atom. The molecule has 136 valence electrons. The monoisotopic (exact) mass is 359 g/mol. The lowest BCUT2D eigenvalue weighted by Crippen LogP contribution is -2.30. The summed E-state index contributed by atoms with van der Waals surface area (Å²) in [5.41, 5.74) is 1.08. The van der Waals surface area contributed by atoms with Gasteiger partial charge in [0.05, 0.1) is 26.7 Å². The van der Waals surface area contributed by atoms with E-state index in [9.17, 15) is 18.0 Å². The molecule has 10 heteroatoms. The summed E-state index contributed by atoms with van der Waals surface area (Å²) in [6.45, 7) is 0.455. The number of carbonyl (C=O) groups is 1. The first-order valence-corrected chi connectivity index (χ1v) is 7.18. The molecule has 0 saturated carbocycles. The minimum Gasteiger partial charge on any atom is -0.384 e. The fraction of sp³-hybridized carbons (Fsp3) is 0.400. The first-order valence-electron chi connectivity index (χ1n) is 7.18. The van der Waals surface area contributed by atoms with Crippen LogP contribution in [0.3, 0.4) is 0 Å². The smallest absolute Gasteiger partial charge is 0.384 e. The van der Waals surface area contributed by atoms with Gasteiger partial charge in [0, 0.05) is 12.7 Å². The van der Waals surface area contributed by atoms with E-state index in [2.05, 4.69) is 14.7 Å². The quantitative estimate of drug-likeness (QED) is 0.708. The molecule has 2 rings (SSSR count). The maximum absolute atomic E-state index is 12.5. The van der Waals surface area contributed by atoms with Crippen molar-refractivity contribution >= 4 is 5.91 Å². The SMILES string of the molecule is COCCC(=O)N(Cc1ccc(-c2noc(C(F)(F)F)n2)cc1)OC. The minimum atomic E-state index is -4.69. The molecular formula is C15H16F3N3O4. The van der Waals surface area contributed by atoms with Gasteiger partial charge in [-0.05, 0) is 5.56 Å². The van der Waals surface area contributed by atoms with Crippen LogP contribution in [0.25, 0.3) is 11.4 Å². The molecule has 1 aromatic heterocycles. The van der Waals surface area contributed by atoms with Gasteiger partial charge >= 0.3 is 12.1 Å². The van der Waals surface area contributed by atoms with Crippen LogP contribution in [0.5, 0.6) is 0 Å². The predicted octanol–water partition coefficient (Wildman–Crippen LogP) is 2.68. The summed E-state index contributed by atoms with van der Waals surface area (Å²) >= 11 is 0. The summed E-state index contributed by atoms with van der Waals surface area (Å²) in [5, 5.41) is 4.48. The van der Waals surface area contributed by atoms with Gasteiger partial charge in [0.1, 0.15) is 0 Å². The van der Waals surface area contributed by atoms with Gasteiger partial charge in [-0.15, -0.1) is 0 Å². The van der Waals surface area contributed by atoms with Crippen molar-refractivity contribution < 1.29 is 32.1 Å². The predicted molar refractivity (Wildman–Crippen MR) is 78.8 cm³/mol. The molecule has 0 aliphatic rings. The molecule has 0 N–H and O–H groups in total. The second-order valence-electron chi connectivity index (χ2n) is 4.97. The maximum Gasteiger partial charge on any atom is 0.471 e. The van der Waals surface area contributed by atoms with Crippen LogP contribution in [-0.2, 0) is 27.1 Å². The van der Waals surface area contributed by atoms with Crippen molar-refractivity contribution in [3.63, 3.8) is 0 Å². The minimum absolute atomic E-state index is 0.168. The first kappa shape index (κ1) is 18.9. The molecule has 1 aromatic carbocycles. The number of halogens is 3. The lowest BCUT2D eigenvalue weighted by molar-refractivity contribution is -0.180. The van der Waals surface area contributed by atoms with E-state index in [0.29, 0.717) is 5.56 Å². The van der Waals surface area contributed by atoms with Gasteiger partial charge in [-0.1, -0.05) is 29.4 Å². The van der Waals surface area contributed by atoms with E-state index in [1.165, 1.54) is 31.4 Å². The third kappa shape index (κ3) is 5.00. The van der Waals surface area contributed by atoms with Gasteiger partial charge in [0.15, 0.2) is 0 Å². The number of ether oxygens (including phenoxy) is 1. The van der Waals surface area contributed by atoms with Gasteiger partial charge < -0.3 is 9.26 Å². The number of hydrogen-bond donors (Lipinski definition) is 0. The number of rotatable bonds is 7. The van der Waals surface area contributed by atoms with Crippen LogP contribution in [0.4, 0.5) is 13.2 Å². The van der Waals surface area contributed by atoms with E-state index in [1.807, 2.05) is 0 Å². The molecule has 7 nitrogen and oxygen atoms in total. The topological polar surface area (TPSA) is 77.7 Å². The zero-order chi connectivity index (χ0) is 18.4. The molecule has 0 saturated heterocycles. The zero-order valence-electron chi connectivity index (χ0n) is 13.5. The third-order valence-corrected chi connectivity index (χ3v) is 3.23. The normalized spacial score (nSPS) is 11.6. The van der Waals surface area contributed by atoms with E-state index in [-0.39, 0.29) is 31.3 Å². The van der Waals surface area contributed by atoms with Gasteiger partial charge in [0.25, 0.3) is 0 Å². The van der Waals surface area contributed by atoms with Crippen molar-refractivity contribution in [1.82, 2.24) is 15.2 Å². The lowest BCUT2D eigenvalue weighted by Gasteiger charge is -2.19. The van der Waals surface area contributed by atoms with Gasteiger partial charge in [-0.2, -0.15) is 18.2 Å². The standard InChI is InChI=1S/C15H16F3N3O4/c1-23-8-7-12(22)21(24-2)9-10-3-5-11(6-4-10)13-19-14(25-20-13)15(16,17)18/h3-6H,7-9H2,1-2H3. The van der Waals surface area contributed by atoms with Crippen LogP contribution in [-0.4, -0.2) is 41.9 Å². The summed E-state index contributed by atoms with van der Waals surface area (Å²) in [6, 6.07) is 6.34. The van der Waals surface area contributed by atoms with Crippen LogP contribution in [0, 0.1) is 0 Å². The lowest BCUT2D eigenvalue weighted by atomic mass is 10.1. The molecule has 0 aliphatic carbocycles. The van der Waals surface area contributed by atoms with Crippen LogP contribution >= 0.6 is 0 Å². The number of hydrogen-bond acceptors (Lipinski definition) is 6. The molecule has 0 spiro atoms. The van der Waals surface area contributed by atoms with E-state index < -0.39 is 12.1 Å². The van der Waals surface area contributed by atoms with E-state index >= 15 is 0 Å². The molecule has 0 atom stereocenters. The summed E-state index contributed by atoms with van der Waals surface area (Å²) in [7, 11) is 2.86. The number of benzene rings is 1. The highest BCUT2D eigenvalue weighted by Crippen LogP contribution is 2.29. The van der Waals surface area contributed by atoms with Crippen molar-refractivity contribution in [2.24, 2.45) is 0 Å². The number of aromatic nitrogens is 2. The molecule has 0 fully saturated rings. The summed E-state index contributed by atoms with van der Waals surface area (Å²) in [5.74, 6) is -1.82. The highest BCUT2D eigenvalue weighted by Gasteiger charge is 2.38. The second kappa shape index (κ2) is 8.08. The number of carbonyl (C=O) groups excluding carboxylic acids is 1. The van der Waals surface area contributed by atoms with E-state index in [0.717, 1.165) is 5.56 Å². The average molecular weight is 359 g/mol. The van der Waals surface area contributed by atoms with Crippen LogP contribution < -0.4 is 0 Å². The highest BCUT2D eigenvalue weighted by atomic mass is 19.4. The Kier molecular flexibility index (Phi) is 6.10. The number of methoxy groups -OCH3 is 1. The van der Waals surface area contributed by atoms with Gasteiger partial charge in [-0.3, -0.25) is 9.63 Å². The largest absolute Gasteiger partial charge is 0.471 e. The Bertz CT molecular complexity index is 701. The van der Waals surface area contributed by atoms with E-state index in [1.54, 1.807) is 12.1 Å². The Labute approximate surface area is 141 Å². The second-order valence-corrected chi connectivity index (χ2v) is 4.97. The molecule has 0 unspecified atom stereocenters. The van der Waals surface area contributed by atoms with Gasteiger partial charge in [-0.25, -0.2) is 5.06 Å². The number of alkyl halides is 3. The van der Waals surface area contributed by atoms with Gasteiger partial charge in [0.2, 0.25) is 11.7 Å². The Hall–Kier alpha value is -2.46. The molecule has 0 radical (unpaired) electrons. The van der Waals surface area contributed by atoms with Crippen molar-refractivity contribution in [1.29, 1.82) is 0 Å². The highest BCUT2D eigenvalue weighted by molar-refractivity contribution is 5.75. The van der Waals surface area contributed by atoms with Crippen LogP contribution in [0.2, 0.25) is 0 Å². The Morgan fingerprint density at radius 2 is 1.92 bits per heavy atom. The van der Waals surface area contributed by atoms with E-state index in [4.69, 9.17) is 9.57 Å². The molecule has 25 heavy (non-hydrogen) atoms. The first-order chi connectivity index (χ1) is 11.8. The third-order valence-electron chi connectivity index (χ3n) is 3.23. The molecule has 1 heterocycles. The molecule has 2 aromatic rings. The average Bonchev–Trinajstić information content (AvgIpc) is 3.08. The van der Waals surface area contributed by atoms with Crippen molar-refractivity contribution in [2.45, 2.75) is 19.1 Å². The number of nitrogens with zero attached hydrogens (tertiary/aromatic N) is 3. The molecule has 0 bridgehead atoms.